The van der Waals surface area contributed by atoms with Crippen molar-refractivity contribution in [2.75, 3.05) is 11.9 Å². The third kappa shape index (κ3) is 2.96. The SMILES string of the molecule is Cc1ccn2c(NCCC(C)C)c(-c3cccnc3)nc2c1. The molecule has 0 unspecified atom stereocenters. The quantitative estimate of drug-likeness (QED) is 0.768. The van der Waals surface area contributed by atoms with Gasteiger partial charge in [-0.3, -0.25) is 9.38 Å². The molecule has 0 aromatic carbocycles. The molecule has 0 fully saturated rings. The van der Waals surface area contributed by atoms with Gasteiger partial charge in [-0.05, 0) is 49.1 Å². The maximum Gasteiger partial charge on any atom is 0.139 e. The van der Waals surface area contributed by atoms with Gasteiger partial charge in [0.05, 0.1) is 0 Å². The number of hydrogen-bond donors (Lipinski definition) is 1. The first-order chi connectivity index (χ1) is 10.6. The second kappa shape index (κ2) is 6.18. The van der Waals surface area contributed by atoms with Crippen molar-refractivity contribution in [3.05, 3.63) is 48.4 Å². The van der Waals surface area contributed by atoms with Crippen molar-refractivity contribution in [1.29, 1.82) is 0 Å². The minimum Gasteiger partial charge on any atom is -0.369 e. The molecule has 0 atom stereocenters. The second-order valence-corrected chi connectivity index (χ2v) is 6.09. The molecule has 3 aromatic heterocycles. The van der Waals surface area contributed by atoms with E-state index in [9.17, 15) is 0 Å². The number of pyridine rings is 2. The van der Waals surface area contributed by atoms with Crippen LogP contribution < -0.4 is 5.32 Å². The van der Waals surface area contributed by atoms with Crippen LogP contribution in [0, 0.1) is 12.8 Å². The molecule has 0 amide bonds. The summed E-state index contributed by atoms with van der Waals surface area (Å²) in [6.45, 7) is 7.50. The van der Waals surface area contributed by atoms with Gasteiger partial charge in [-0.1, -0.05) is 13.8 Å². The lowest BCUT2D eigenvalue weighted by Crippen LogP contribution is -2.07. The van der Waals surface area contributed by atoms with Crippen LogP contribution >= 0.6 is 0 Å². The van der Waals surface area contributed by atoms with Crippen molar-refractivity contribution in [1.82, 2.24) is 14.4 Å². The smallest absolute Gasteiger partial charge is 0.139 e. The number of aryl methyl sites for hydroxylation is 1. The van der Waals surface area contributed by atoms with Crippen LogP contribution in [0.1, 0.15) is 25.8 Å². The molecule has 4 nitrogen and oxygen atoms in total. The Morgan fingerprint density at radius 3 is 2.86 bits per heavy atom. The minimum atomic E-state index is 0.677. The maximum absolute atomic E-state index is 4.80. The highest BCUT2D eigenvalue weighted by Crippen LogP contribution is 2.28. The van der Waals surface area contributed by atoms with Crippen LogP contribution in [0.2, 0.25) is 0 Å². The van der Waals surface area contributed by atoms with Crippen LogP contribution in [0.5, 0.6) is 0 Å². The normalized spacial score (nSPS) is 11.3. The summed E-state index contributed by atoms with van der Waals surface area (Å²) in [5, 5.41) is 3.56. The Balaban J connectivity index is 2.05. The molecule has 0 saturated heterocycles. The van der Waals surface area contributed by atoms with E-state index < -0.39 is 0 Å². The Kier molecular flexibility index (Phi) is 4.09. The molecule has 4 heteroatoms. The zero-order valence-electron chi connectivity index (χ0n) is 13.4. The first kappa shape index (κ1) is 14.6. The maximum atomic E-state index is 4.80. The fourth-order valence-electron chi connectivity index (χ4n) is 2.50. The van der Waals surface area contributed by atoms with Gasteiger partial charge < -0.3 is 5.32 Å². The van der Waals surface area contributed by atoms with Crippen LogP contribution in [0.25, 0.3) is 16.9 Å². The van der Waals surface area contributed by atoms with E-state index >= 15 is 0 Å². The summed E-state index contributed by atoms with van der Waals surface area (Å²) in [6.07, 6.45) is 6.86. The summed E-state index contributed by atoms with van der Waals surface area (Å²) in [4.78, 5) is 9.02. The minimum absolute atomic E-state index is 0.677. The first-order valence-electron chi connectivity index (χ1n) is 7.78. The molecular formula is C18H22N4. The van der Waals surface area contributed by atoms with Gasteiger partial charge in [0, 0.05) is 30.7 Å². The van der Waals surface area contributed by atoms with Crippen LogP contribution in [0.4, 0.5) is 5.82 Å². The lowest BCUT2D eigenvalue weighted by molar-refractivity contribution is 0.606. The zero-order valence-corrected chi connectivity index (χ0v) is 13.4. The highest BCUT2D eigenvalue weighted by atomic mass is 15.1. The van der Waals surface area contributed by atoms with Gasteiger partial charge in [0.1, 0.15) is 17.2 Å². The van der Waals surface area contributed by atoms with E-state index in [1.165, 1.54) is 5.56 Å². The molecule has 0 aliphatic carbocycles. The third-order valence-corrected chi connectivity index (χ3v) is 3.73. The summed E-state index contributed by atoms with van der Waals surface area (Å²) >= 11 is 0. The molecule has 3 rings (SSSR count). The number of anilines is 1. The average Bonchev–Trinajstić information content (AvgIpc) is 2.86. The van der Waals surface area contributed by atoms with Gasteiger partial charge in [0.2, 0.25) is 0 Å². The average molecular weight is 294 g/mol. The van der Waals surface area contributed by atoms with E-state index in [0.717, 1.165) is 35.7 Å². The Morgan fingerprint density at radius 2 is 2.14 bits per heavy atom. The number of rotatable bonds is 5. The Hall–Kier alpha value is -2.36. The van der Waals surface area contributed by atoms with Crippen molar-refractivity contribution < 1.29 is 0 Å². The Morgan fingerprint density at radius 1 is 1.27 bits per heavy atom. The Labute approximate surface area is 131 Å². The molecule has 1 N–H and O–H groups in total. The fourth-order valence-corrected chi connectivity index (χ4v) is 2.50. The highest BCUT2D eigenvalue weighted by molar-refractivity contribution is 5.76. The van der Waals surface area contributed by atoms with Crippen molar-refractivity contribution in [3.63, 3.8) is 0 Å². The second-order valence-electron chi connectivity index (χ2n) is 6.09. The van der Waals surface area contributed by atoms with Gasteiger partial charge in [0.15, 0.2) is 0 Å². The predicted octanol–water partition coefficient (Wildman–Crippen LogP) is 4.16. The Bertz CT molecular complexity index is 759. The summed E-state index contributed by atoms with van der Waals surface area (Å²) < 4.78 is 2.12. The molecule has 0 aliphatic rings. The number of aromatic nitrogens is 3. The molecule has 0 spiro atoms. The predicted molar refractivity (Wildman–Crippen MR) is 91.1 cm³/mol. The number of fused-ring (bicyclic) bond motifs is 1. The third-order valence-electron chi connectivity index (χ3n) is 3.73. The topological polar surface area (TPSA) is 42.2 Å². The van der Waals surface area contributed by atoms with Gasteiger partial charge in [-0.2, -0.15) is 0 Å². The van der Waals surface area contributed by atoms with E-state index in [0.29, 0.717) is 5.92 Å². The summed E-state index contributed by atoms with van der Waals surface area (Å²) in [5.74, 6) is 1.72. The molecule has 0 aliphatic heterocycles. The lowest BCUT2D eigenvalue weighted by Gasteiger charge is -2.10. The lowest BCUT2D eigenvalue weighted by atomic mass is 10.1. The number of nitrogens with zero attached hydrogens (tertiary/aromatic N) is 3. The molecule has 0 saturated carbocycles. The number of imidazole rings is 1. The summed E-state index contributed by atoms with van der Waals surface area (Å²) in [6, 6.07) is 8.21. The zero-order chi connectivity index (χ0) is 15.5. The van der Waals surface area contributed by atoms with Crippen molar-refractivity contribution in [2.45, 2.75) is 27.2 Å². The summed E-state index contributed by atoms with van der Waals surface area (Å²) in [5.41, 5.74) is 4.17. The van der Waals surface area contributed by atoms with Crippen molar-refractivity contribution >= 4 is 11.5 Å². The largest absolute Gasteiger partial charge is 0.369 e. The standard InChI is InChI=1S/C18H22N4/c1-13(2)6-9-20-18-17(15-5-4-8-19-12-15)21-16-11-14(3)7-10-22(16)18/h4-5,7-8,10-13,20H,6,9H2,1-3H3. The van der Waals surface area contributed by atoms with E-state index in [1.54, 1.807) is 6.20 Å². The van der Waals surface area contributed by atoms with Crippen LogP contribution in [0.3, 0.4) is 0 Å². The molecule has 114 valence electrons. The molecule has 3 heterocycles. The monoisotopic (exact) mass is 294 g/mol. The van der Waals surface area contributed by atoms with Crippen molar-refractivity contribution in [3.8, 4) is 11.3 Å². The van der Waals surface area contributed by atoms with Gasteiger partial charge in [-0.25, -0.2) is 4.98 Å². The number of hydrogen-bond acceptors (Lipinski definition) is 3. The van der Waals surface area contributed by atoms with E-state index in [4.69, 9.17) is 4.98 Å². The van der Waals surface area contributed by atoms with Crippen LogP contribution in [0.15, 0.2) is 42.9 Å². The van der Waals surface area contributed by atoms with Crippen LogP contribution in [-0.2, 0) is 0 Å². The van der Waals surface area contributed by atoms with E-state index in [2.05, 4.69) is 59.9 Å². The molecule has 3 aromatic rings. The molecule has 0 radical (unpaired) electrons. The highest BCUT2D eigenvalue weighted by Gasteiger charge is 2.14. The van der Waals surface area contributed by atoms with E-state index in [-0.39, 0.29) is 0 Å². The van der Waals surface area contributed by atoms with E-state index in [1.807, 2.05) is 12.3 Å². The first-order valence-corrected chi connectivity index (χ1v) is 7.78. The molecule has 0 bridgehead atoms. The van der Waals surface area contributed by atoms with Crippen LogP contribution in [-0.4, -0.2) is 20.9 Å². The van der Waals surface area contributed by atoms with Crippen molar-refractivity contribution in [2.24, 2.45) is 5.92 Å². The van der Waals surface area contributed by atoms with Gasteiger partial charge >= 0.3 is 0 Å². The molecule has 22 heavy (non-hydrogen) atoms. The summed E-state index contributed by atoms with van der Waals surface area (Å²) in [7, 11) is 0. The van der Waals surface area contributed by atoms with Gasteiger partial charge in [-0.15, -0.1) is 0 Å². The fraction of sp³-hybridized carbons (Fsp3) is 0.333. The number of nitrogens with one attached hydrogen (secondary N) is 1. The molecular weight excluding hydrogens is 272 g/mol. The van der Waals surface area contributed by atoms with Gasteiger partial charge in [0.25, 0.3) is 0 Å².